The Morgan fingerprint density at radius 1 is 1.60 bits per heavy atom. The van der Waals surface area contributed by atoms with Gasteiger partial charge >= 0.3 is 0 Å². The van der Waals surface area contributed by atoms with E-state index in [0.29, 0.717) is 5.88 Å². The molecule has 0 saturated carbocycles. The van der Waals surface area contributed by atoms with Crippen LogP contribution in [0.15, 0.2) is 36.6 Å². The van der Waals surface area contributed by atoms with Gasteiger partial charge in [-0.05, 0) is 6.08 Å². The molecule has 0 aliphatic rings. The number of nitrogens with one attached hydrogen (secondary N) is 1. The molecule has 10 heavy (non-hydrogen) atoms. The zero-order chi connectivity index (χ0) is 7.82. The van der Waals surface area contributed by atoms with Crippen LogP contribution in [-0.2, 0) is 0 Å². The van der Waals surface area contributed by atoms with Crippen molar-refractivity contribution in [3.63, 3.8) is 0 Å². The highest BCUT2D eigenvalue weighted by Gasteiger charge is 1.74. The summed E-state index contributed by atoms with van der Waals surface area (Å²) >= 11 is 5.39. The summed E-state index contributed by atoms with van der Waals surface area (Å²) in [5.74, 6) is 0.552. The molecule has 0 bridgehead atoms. The van der Waals surface area contributed by atoms with Crippen LogP contribution in [0.25, 0.3) is 0 Å². The van der Waals surface area contributed by atoms with Crippen molar-refractivity contribution in [1.82, 2.24) is 5.32 Å². The Hall–Kier alpha value is -0.690. The van der Waals surface area contributed by atoms with Gasteiger partial charge in [-0.3, -0.25) is 0 Å². The quantitative estimate of drug-likeness (QED) is 0.487. The van der Waals surface area contributed by atoms with Crippen molar-refractivity contribution in [3.8, 4) is 0 Å². The van der Waals surface area contributed by atoms with Gasteiger partial charge in [0.05, 0.1) is 0 Å². The van der Waals surface area contributed by atoms with Crippen molar-refractivity contribution >= 4 is 11.6 Å². The van der Waals surface area contributed by atoms with Crippen molar-refractivity contribution in [3.05, 3.63) is 36.6 Å². The number of hydrogen-bond acceptors (Lipinski definition) is 1. The molecule has 0 atom stereocenters. The Kier molecular flexibility index (Phi) is 5.99. The summed E-state index contributed by atoms with van der Waals surface area (Å²) in [6.07, 6.45) is 7.51. The topological polar surface area (TPSA) is 12.0 Å². The number of hydrogen-bond donors (Lipinski definition) is 1. The van der Waals surface area contributed by atoms with E-state index in [9.17, 15) is 0 Å². The molecule has 1 N–H and O–H groups in total. The van der Waals surface area contributed by atoms with E-state index in [4.69, 9.17) is 11.6 Å². The fourth-order valence-corrected chi connectivity index (χ4v) is 0.488. The predicted octanol–water partition coefficient (Wildman–Crippen LogP) is 2.07. The van der Waals surface area contributed by atoms with Crippen LogP contribution in [0, 0.1) is 0 Å². The molecule has 0 fully saturated rings. The molecule has 0 aliphatic heterocycles. The van der Waals surface area contributed by atoms with Crippen molar-refractivity contribution in [2.24, 2.45) is 0 Å². The van der Waals surface area contributed by atoms with Gasteiger partial charge in [-0.15, -0.1) is 11.6 Å². The lowest BCUT2D eigenvalue weighted by Crippen LogP contribution is -1.99. The first-order valence-electron chi connectivity index (χ1n) is 3.07. The third-order valence-electron chi connectivity index (χ3n) is 0.955. The van der Waals surface area contributed by atoms with Crippen LogP contribution < -0.4 is 5.32 Å². The van der Waals surface area contributed by atoms with Crippen molar-refractivity contribution in [2.45, 2.75) is 0 Å². The number of rotatable bonds is 4. The summed E-state index contributed by atoms with van der Waals surface area (Å²) in [5, 5.41) is 2.89. The van der Waals surface area contributed by atoms with Gasteiger partial charge in [0.2, 0.25) is 0 Å². The lowest BCUT2D eigenvalue weighted by Gasteiger charge is -1.92. The third-order valence-corrected chi connectivity index (χ3v) is 1.13. The van der Waals surface area contributed by atoms with Crippen LogP contribution in [0.2, 0.25) is 0 Å². The maximum absolute atomic E-state index is 5.39. The van der Waals surface area contributed by atoms with Gasteiger partial charge in [0, 0.05) is 18.6 Å². The van der Waals surface area contributed by atoms with Gasteiger partial charge in [-0.2, -0.15) is 0 Å². The second-order valence-electron chi connectivity index (χ2n) is 1.72. The summed E-state index contributed by atoms with van der Waals surface area (Å²) in [7, 11) is 1.83. The summed E-state index contributed by atoms with van der Waals surface area (Å²) in [6, 6.07) is 0. The summed E-state index contributed by atoms with van der Waals surface area (Å²) in [4.78, 5) is 0. The van der Waals surface area contributed by atoms with Gasteiger partial charge in [0.25, 0.3) is 0 Å². The largest absolute Gasteiger partial charge is 0.389 e. The zero-order valence-electron chi connectivity index (χ0n) is 6.10. The minimum atomic E-state index is 0.552. The highest BCUT2D eigenvalue weighted by molar-refractivity contribution is 6.18. The molecule has 0 radical (unpaired) electrons. The normalized spacial score (nSPS) is 11.0. The minimum Gasteiger partial charge on any atom is -0.389 e. The first-order chi connectivity index (χ1) is 4.81. The standard InChI is InChI=1S/C8H12ClN/c1-8(10-2)6-4-3-5-7-9/h3-6,10H,1,7H2,2H3/b5-3-,6-4-. The van der Waals surface area contributed by atoms with Gasteiger partial charge in [0.15, 0.2) is 0 Å². The summed E-state index contributed by atoms with van der Waals surface area (Å²) in [5.41, 5.74) is 0.888. The smallest absolute Gasteiger partial charge is 0.0407 e. The molecular weight excluding hydrogens is 146 g/mol. The molecule has 0 saturated heterocycles. The second kappa shape index (κ2) is 6.43. The average Bonchev–Trinajstić information content (AvgIpc) is 1.98. The average molecular weight is 158 g/mol. The monoisotopic (exact) mass is 157 g/mol. The molecule has 0 heterocycles. The highest BCUT2D eigenvalue weighted by Crippen LogP contribution is 1.86. The van der Waals surface area contributed by atoms with Crippen LogP contribution in [0.3, 0.4) is 0 Å². The number of likely N-dealkylation sites (N-methyl/N-ethyl adjacent to an activating group) is 1. The number of allylic oxidation sites excluding steroid dienone is 4. The SMILES string of the molecule is C=C(/C=C\C=C/CCl)NC. The Balaban J connectivity index is 3.55. The molecule has 0 aromatic heterocycles. The molecular formula is C8H12ClN. The predicted molar refractivity (Wildman–Crippen MR) is 47.2 cm³/mol. The van der Waals surface area contributed by atoms with Crippen LogP contribution in [0.5, 0.6) is 0 Å². The van der Waals surface area contributed by atoms with Gasteiger partial charge in [-0.25, -0.2) is 0 Å². The lowest BCUT2D eigenvalue weighted by atomic mass is 10.4. The zero-order valence-corrected chi connectivity index (χ0v) is 6.86. The molecule has 0 aromatic rings. The second-order valence-corrected chi connectivity index (χ2v) is 2.03. The molecule has 56 valence electrons. The Morgan fingerprint density at radius 3 is 2.80 bits per heavy atom. The first-order valence-corrected chi connectivity index (χ1v) is 3.60. The van der Waals surface area contributed by atoms with Crippen LogP contribution in [0.1, 0.15) is 0 Å². The van der Waals surface area contributed by atoms with E-state index in [1.807, 2.05) is 31.4 Å². The van der Waals surface area contributed by atoms with Gasteiger partial charge < -0.3 is 5.32 Å². The van der Waals surface area contributed by atoms with E-state index >= 15 is 0 Å². The van der Waals surface area contributed by atoms with Gasteiger partial charge in [0.1, 0.15) is 0 Å². The molecule has 0 aromatic carbocycles. The van der Waals surface area contributed by atoms with Gasteiger partial charge in [-0.1, -0.05) is 24.8 Å². The molecule has 1 nitrogen and oxygen atoms in total. The van der Waals surface area contributed by atoms with Crippen LogP contribution >= 0.6 is 11.6 Å². The molecule has 0 amide bonds. The van der Waals surface area contributed by atoms with E-state index in [0.717, 1.165) is 5.70 Å². The molecule has 0 spiro atoms. The Morgan fingerprint density at radius 2 is 2.30 bits per heavy atom. The molecule has 0 aliphatic carbocycles. The number of alkyl halides is 1. The van der Waals surface area contributed by atoms with Crippen molar-refractivity contribution in [2.75, 3.05) is 12.9 Å². The van der Waals surface area contributed by atoms with Crippen molar-refractivity contribution in [1.29, 1.82) is 0 Å². The van der Waals surface area contributed by atoms with E-state index in [1.165, 1.54) is 0 Å². The highest BCUT2D eigenvalue weighted by atomic mass is 35.5. The first kappa shape index (κ1) is 9.31. The van der Waals surface area contributed by atoms with E-state index < -0.39 is 0 Å². The fraction of sp³-hybridized carbons (Fsp3) is 0.250. The summed E-state index contributed by atoms with van der Waals surface area (Å²) < 4.78 is 0. The maximum Gasteiger partial charge on any atom is 0.0407 e. The Bertz CT molecular complexity index is 147. The Labute approximate surface area is 67.1 Å². The van der Waals surface area contributed by atoms with Crippen LogP contribution in [-0.4, -0.2) is 12.9 Å². The van der Waals surface area contributed by atoms with E-state index in [1.54, 1.807) is 0 Å². The summed E-state index contributed by atoms with van der Waals surface area (Å²) in [6.45, 7) is 3.71. The molecule has 0 unspecified atom stereocenters. The molecule has 2 heteroatoms. The van der Waals surface area contributed by atoms with Crippen molar-refractivity contribution < 1.29 is 0 Å². The maximum atomic E-state index is 5.39. The lowest BCUT2D eigenvalue weighted by molar-refractivity contribution is 1.04. The fourth-order valence-electron chi connectivity index (χ4n) is 0.385. The van der Waals surface area contributed by atoms with E-state index in [2.05, 4.69) is 11.9 Å². The third kappa shape index (κ3) is 5.45. The minimum absolute atomic E-state index is 0.552. The number of halogens is 1. The molecule has 0 rings (SSSR count). The van der Waals surface area contributed by atoms with E-state index in [-0.39, 0.29) is 0 Å². The van der Waals surface area contributed by atoms with Crippen LogP contribution in [0.4, 0.5) is 0 Å².